The molecule has 0 bridgehead atoms. The quantitative estimate of drug-likeness (QED) is 0.639. The normalized spacial score (nSPS) is 10.5. The molecule has 2 aromatic carbocycles. The molecular weight excluding hydrogens is 419 g/mol. The fourth-order valence-electron chi connectivity index (χ4n) is 2.27. The van der Waals surface area contributed by atoms with Crippen LogP contribution in [0, 0.1) is 10.5 Å². The smallest absolute Gasteiger partial charge is 0.278 e. The third-order valence-corrected chi connectivity index (χ3v) is 4.47. The molecule has 0 atom stereocenters. The van der Waals surface area contributed by atoms with Crippen molar-refractivity contribution in [2.45, 2.75) is 6.92 Å². The molecule has 3 rings (SSSR count). The molecule has 0 aliphatic carbocycles. The lowest BCUT2D eigenvalue weighted by Crippen LogP contribution is -2.15. The number of nitrogens with one attached hydrogen (secondary N) is 1. The van der Waals surface area contributed by atoms with E-state index in [2.05, 4.69) is 38.2 Å². The molecule has 0 saturated heterocycles. The number of carbonyl (C=O) groups is 1. The highest BCUT2D eigenvalue weighted by Crippen LogP contribution is 2.20. The van der Waals surface area contributed by atoms with Crippen molar-refractivity contribution < 1.29 is 9.53 Å². The van der Waals surface area contributed by atoms with E-state index in [9.17, 15) is 4.79 Å². The van der Waals surface area contributed by atoms with E-state index in [-0.39, 0.29) is 11.6 Å². The van der Waals surface area contributed by atoms with Gasteiger partial charge in [0, 0.05) is 9.64 Å². The molecule has 1 heterocycles. The lowest BCUT2D eigenvalue weighted by molar-refractivity contribution is 0.102. The van der Waals surface area contributed by atoms with Gasteiger partial charge in [-0.05, 0) is 53.8 Å². The van der Waals surface area contributed by atoms with E-state index in [0.29, 0.717) is 11.4 Å². The average Bonchev–Trinajstić information content (AvgIpc) is 2.98. The Hall–Kier alpha value is -2.42. The number of hydrogen-bond acceptors (Lipinski definition) is 4. The summed E-state index contributed by atoms with van der Waals surface area (Å²) in [4.78, 5) is 12.5. The second-order valence-corrected chi connectivity index (χ2v) is 6.23. The molecule has 0 aliphatic heterocycles. The maximum atomic E-state index is 12.5. The standard InChI is InChI=1S/C17H15IN4O2/c1-11-16(17(23)19-15-9-4-3-8-14(15)18)20-21-22(11)12-6-5-7-13(10-12)24-2/h3-10H,1-2H3,(H,19,23). The Morgan fingerprint density at radius 2 is 2.00 bits per heavy atom. The predicted molar refractivity (Wildman–Crippen MR) is 99.8 cm³/mol. The Morgan fingerprint density at radius 1 is 1.21 bits per heavy atom. The third-order valence-electron chi connectivity index (χ3n) is 3.53. The van der Waals surface area contributed by atoms with E-state index in [1.807, 2.05) is 55.5 Å². The molecule has 1 amide bonds. The van der Waals surface area contributed by atoms with Crippen molar-refractivity contribution in [3.8, 4) is 11.4 Å². The molecule has 1 N–H and O–H groups in total. The zero-order valence-corrected chi connectivity index (χ0v) is 15.3. The Bertz CT molecular complexity index is 892. The summed E-state index contributed by atoms with van der Waals surface area (Å²) in [6.45, 7) is 1.81. The van der Waals surface area contributed by atoms with Gasteiger partial charge in [0.25, 0.3) is 5.91 Å². The monoisotopic (exact) mass is 434 g/mol. The Kier molecular flexibility index (Phi) is 4.79. The van der Waals surface area contributed by atoms with E-state index in [0.717, 1.165) is 14.9 Å². The van der Waals surface area contributed by atoms with Crippen molar-refractivity contribution in [1.29, 1.82) is 0 Å². The van der Waals surface area contributed by atoms with Gasteiger partial charge in [-0.25, -0.2) is 4.68 Å². The van der Waals surface area contributed by atoms with Crippen LogP contribution in [0.25, 0.3) is 5.69 Å². The minimum Gasteiger partial charge on any atom is -0.497 e. The summed E-state index contributed by atoms with van der Waals surface area (Å²) in [6, 6.07) is 15.0. The van der Waals surface area contributed by atoms with Gasteiger partial charge in [-0.2, -0.15) is 0 Å². The number of carbonyl (C=O) groups excluding carboxylic acids is 1. The molecule has 0 fully saturated rings. The van der Waals surface area contributed by atoms with Gasteiger partial charge in [0.15, 0.2) is 5.69 Å². The highest BCUT2D eigenvalue weighted by molar-refractivity contribution is 14.1. The van der Waals surface area contributed by atoms with Gasteiger partial charge in [-0.3, -0.25) is 4.79 Å². The van der Waals surface area contributed by atoms with E-state index in [4.69, 9.17) is 4.74 Å². The molecule has 0 aliphatic rings. The van der Waals surface area contributed by atoms with Crippen LogP contribution in [-0.2, 0) is 0 Å². The number of ether oxygens (including phenoxy) is 1. The zero-order chi connectivity index (χ0) is 17.1. The summed E-state index contributed by atoms with van der Waals surface area (Å²) in [5, 5.41) is 11.0. The van der Waals surface area contributed by atoms with Gasteiger partial charge in [0.2, 0.25) is 0 Å². The molecule has 0 spiro atoms. The predicted octanol–water partition coefficient (Wildman–Crippen LogP) is 3.44. The van der Waals surface area contributed by atoms with Gasteiger partial charge < -0.3 is 10.1 Å². The van der Waals surface area contributed by atoms with Crippen LogP contribution in [0.2, 0.25) is 0 Å². The van der Waals surface area contributed by atoms with Gasteiger partial charge in [-0.15, -0.1) is 5.10 Å². The highest BCUT2D eigenvalue weighted by Gasteiger charge is 2.18. The fraction of sp³-hybridized carbons (Fsp3) is 0.118. The number of nitrogens with zero attached hydrogens (tertiary/aromatic N) is 3. The number of benzene rings is 2. The topological polar surface area (TPSA) is 69.0 Å². The van der Waals surface area contributed by atoms with Gasteiger partial charge >= 0.3 is 0 Å². The second kappa shape index (κ2) is 7.00. The minimum absolute atomic E-state index is 0.286. The Balaban J connectivity index is 1.89. The molecule has 6 nitrogen and oxygen atoms in total. The third kappa shape index (κ3) is 3.25. The number of para-hydroxylation sites is 1. The molecule has 7 heteroatoms. The number of rotatable bonds is 4. The molecule has 122 valence electrons. The van der Waals surface area contributed by atoms with Crippen LogP contribution in [0.5, 0.6) is 5.75 Å². The molecule has 0 radical (unpaired) electrons. The maximum Gasteiger partial charge on any atom is 0.278 e. The van der Waals surface area contributed by atoms with Gasteiger partial charge in [-0.1, -0.05) is 23.4 Å². The number of halogens is 1. The van der Waals surface area contributed by atoms with Crippen molar-refractivity contribution in [3.05, 3.63) is 63.5 Å². The van der Waals surface area contributed by atoms with Crippen LogP contribution in [0.3, 0.4) is 0 Å². The first kappa shape index (κ1) is 16.4. The van der Waals surface area contributed by atoms with Crippen LogP contribution in [0.4, 0.5) is 5.69 Å². The van der Waals surface area contributed by atoms with Gasteiger partial charge in [0.1, 0.15) is 5.75 Å². The fourth-order valence-corrected chi connectivity index (χ4v) is 2.79. The van der Waals surface area contributed by atoms with Crippen LogP contribution in [-0.4, -0.2) is 28.0 Å². The Labute approximate surface area is 153 Å². The van der Waals surface area contributed by atoms with Crippen molar-refractivity contribution in [2.24, 2.45) is 0 Å². The summed E-state index contributed by atoms with van der Waals surface area (Å²) in [5.41, 5.74) is 2.48. The van der Waals surface area contributed by atoms with Crippen LogP contribution >= 0.6 is 22.6 Å². The summed E-state index contributed by atoms with van der Waals surface area (Å²) < 4.78 is 7.80. The summed E-state index contributed by atoms with van der Waals surface area (Å²) in [6.07, 6.45) is 0. The van der Waals surface area contributed by atoms with Crippen molar-refractivity contribution in [2.75, 3.05) is 12.4 Å². The number of amides is 1. The van der Waals surface area contributed by atoms with E-state index in [1.165, 1.54) is 0 Å². The zero-order valence-electron chi connectivity index (χ0n) is 13.2. The minimum atomic E-state index is -0.286. The van der Waals surface area contributed by atoms with E-state index in [1.54, 1.807) is 11.8 Å². The number of anilines is 1. The lowest BCUT2D eigenvalue weighted by Gasteiger charge is -2.07. The van der Waals surface area contributed by atoms with Crippen LogP contribution in [0.15, 0.2) is 48.5 Å². The maximum absolute atomic E-state index is 12.5. The molecule has 0 saturated carbocycles. The van der Waals surface area contributed by atoms with Crippen molar-refractivity contribution in [1.82, 2.24) is 15.0 Å². The molecule has 24 heavy (non-hydrogen) atoms. The average molecular weight is 434 g/mol. The van der Waals surface area contributed by atoms with Crippen LogP contribution in [0.1, 0.15) is 16.2 Å². The number of methoxy groups -OCH3 is 1. The number of aromatic nitrogens is 3. The Morgan fingerprint density at radius 3 is 2.75 bits per heavy atom. The SMILES string of the molecule is COc1cccc(-n2nnc(C(=O)Nc3ccccc3I)c2C)c1. The largest absolute Gasteiger partial charge is 0.497 e. The first-order valence-electron chi connectivity index (χ1n) is 7.23. The molecule has 3 aromatic rings. The summed E-state index contributed by atoms with van der Waals surface area (Å²) in [5.74, 6) is 0.429. The molecular formula is C17H15IN4O2. The van der Waals surface area contributed by atoms with Crippen molar-refractivity contribution in [3.63, 3.8) is 0 Å². The van der Waals surface area contributed by atoms with E-state index < -0.39 is 0 Å². The second-order valence-electron chi connectivity index (χ2n) is 5.07. The van der Waals surface area contributed by atoms with Crippen molar-refractivity contribution >= 4 is 34.2 Å². The lowest BCUT2D eigenvalue weighted by atomic mass is 10.2. The van der Waals surface area contributed by atoms with Crippen LogP contribution < -0.4 is 10.1 Å². The first-order chi connectivity index (χ1) is 11.6. The van der Waals surface area contributed by atoms with E-state index >= 15 is 0 Å². The molecule has 1 aromatic heterocycles. The highest BCUT2D eigenvalue weighted by atomic mass is 127. The summed E-state index contributed by atoms with van der Waals surface area (Å²) in [7, 11) is 1.60. The molecule has 0 unspecified atom stereocenters. The first-order valence-corrected chi connectivity index (χ1v) is 8.30. The summed E-state index contributed by atoms with van der Waals surface area (Å²) >= 11 is 2.17. The number of hydrogen-bond donors (Lipinski definition) is 1. The van der Waals surface area contributed by atoms with Gasteiger partial charge in [0.05, 0.1) is 24.2 Å².